The SMILES string of the molecule is O=C(O)C1(CNc2cc([N+](=O)[O-])ccn2)CCCCC1. The molecule has 0 spiro atoms. The molecule has 0 amide bonds. The van der Waals surface area contributed by atoms with Gasteiger partial charge in [0.1, 0.15) is 5.82 Å². The highest BCUT2D eigenvalue weighted by Crippen LogP contribution is 2.36. The second-order valence-corrected chi connectivity index (χ2v) is 5.16. The first-order valence-corrected chi connectivity index (χ1v) is 6.61. The number of aliphatic carboxylic acids is 1. The van der Waals surface area contributed by atoms with Gasteiger partial charge in [-0.3, -0.25) is 14.9 Å². The van der Waals surface area contributed by atoms with E-state index in [0.29, 0.717) is 18.7 Å². The Bertz CT molecular complexity index is 512. The Morgan fingerprint density at radius 2 is 2.15 bits per heavy atom. The molecule has 1 saturated carbocycles. The van der Waals surface area contributed by atoms with Gasteiger partial charge in [-0.25, -0.2) is 4.98 Å². The van der Waals surface area contributed by atoms with Gasteiger partial charge in [-0.1, -0.05) is 19.3 Å². The molecule has 2 rings (SSSR count). The molecule has 7 heteroatoms. The molecule has 0 aliphatic heterocycles. The van der Waals surface area contributed by atoms with E-state index in [9.17, 15) is 20.0 Å². The number of carbonyl (C=O) groups is 1. The van der Waals surface area contributed by atoms with E-state index in [1.807, 2.05) is 0 Å². The van der Waals surface area contributed by atoms with Crippen molar-refractivity contribution < 1.29 is 14.8 Å². The summed E-state index contributed by atoms with van der Waals surface area (Å²) in [7, 11) is 0. The standard InChI is InChI=1S/C13H17N3O4/c17-12(18)13(5-2-1-3-6-13)9-15-11-8-10(16(19)20)4-7-14-11/h4,7-8H,1-3,5-6,9H2,(H,14,15)(H,17,18). The minimum absolute atomic E-state index is 0.0597. The van der Waals surface area contributed by atoms with Crippen molar-refractivity contribution in [3.63, 3.8) is 0 Å². The molecule has 0 aromatic carbocycles. The van der Waals surface area contributed by atoms with Gasteiger partial charge in [0.25, 0.3) is 5.69 Å². The summed E-state index contributed by atoms with van der Waals surface area (Å²) in [6.45, 7) is 0.247. The molecule has 0 atom stereocenters. The van der Waals surface area contributed by atoms with Crippen LogP contribution in [0.1, 0.15) is 32.1 Å². The van der Waals surface area contributed by atoms with Crippen LogP contribution in [-0.4, -0.2) is 27.5 Å². The Hall–Kier alpha value is -2.18. The molecule has 1 aromatic heterocycles. The highest BCUT2D eigenvalue weighted by atomic mass is 16.6. The first-order valence-electron chi connectivity index (χ1n) is 6.61. The fraction of sp³-hybridized carbons (Fsp3) is 0.538. The summed E-state index contributed by atoms with van der Waals surface area (Å²) in [6, 6.07) is 2.62. The molecule has 1 aliphatic carbocycles. The maximum atomic E-state index is 11.5. The molecule has 2 N–H and O–H groups in total. The van der Waals surface area contributed by atoms with Gasteiger partial charge in [0.15, 0.2) is 0 Å². The average molecular weight is 279 g/mol. The number of nitrogens with zero attached hydrogens (tertiary/aromatic N) is 2. The third-order valence-electron chi connectivity index (χ3n) is 3.83. The summed E-state index contributed by atoms with van der Waals surface area (Å²) in [5.41, 5.74) is -0.847. The molecule has 0 bridgehead atoms. The first-order chi connectivity index (χ1) is 9.53. The lowest BCUT2D eigenvalue weighted by molar-refractivity contribution is -0.384. The average Bonchev–Trinajstić information content (AvgIpc) is 2.46. The Labute approximate surface area is 116 Å². The van der Waals surface area contributed by atoms with Crippen LogP contribution in [0.2, 0.25) is 0 Å². The molecule has 0 radical (unpaired) electrons. The third-order valence-corrected chi connectivity index (χ3v) is 3.83. The van der Waals surface area contributed by atoms with Gasteiger partial charge in [-0.05, 0) is 12.8 Å². The molecule has 0 unspecified atom stereocenters. The van der Waals surface area contributed by atoms with Crippen LogP contribution in [0.4, 0.5) is 11.5 Å². The number of anilines is 1. The van der Waals surface area contributed by atoms with Gasteiger partial charge in [-0.15, -0.1) is 0 Å². The van der Waals surface area contributed by atoms with Crippen molar-refractivity contribution in [3.8, 4) is 0 Å². The lowest BCUT2D eigenvalue weighted by Gasteiger charge is -2.33. The quantitative estimate of drug-likeness (QED) is 0.633. The van der Waals surface area contributed by atoms with Gasteiger partial charge in [0, 0.05) is 18.8 Å². The van der Waals surface area contributed by atoms with Crippen molar-refractivity contribution >= 4 is 17.5 Å². The van der Waals surface area contributed by atoms with Gasteiger partial charge in [0.05, 0.1) is 16.4 Å². The van der Waals surface area contributed by atoms with E-state index >= 15 is 0 Å². The number of carboxylic acids is 1. The van der Waals surface area contributed by atoms with Crippen LogP contribution < -0.4 is 5.32 Å². The number of rotatable bonds is 5. The van der Waals surface area contributed by atoms with E-state index in [1.165, 1.54) is 18.3 Å². The molecular weight excluding hydrogens is 262 g/mol. The summed E-state index contributed by atoms with van der Waals surface area (Å²) in [5.74, 6) is -0.472. The molecule has 1 aromatic rings. The van der Waals surface area contributed by atoms with Crippen LogP contribution in [-0.2, 0) is 4.79 Å². The normalized spacial score (nSPS) is 17.4. The zero-order valence-corrected chi connectivity index (χ0v) is 11.0. The van der Waals surface area contributed by atoms with Crippen molar-refractivity contribution in [1.29, 1.82) is 0 Å². The van der Waals surface area contributed by atoms with Crippen molar-refractivity contribution in [2.75, 3.05) is 11.9 Å². The van der Waals surface area contributed by atoms with Crippen LogP contribution in [0.25, 0.3) is 0 Å². The van der Waals surface area contributed by atoms with Gasteiger partial charge in [0.2, 0.25) is 0 Å². The van der Waals surface area contributed by atoms with Crippen molar-refractivity contribution in [2.45, 2.75) is 32.1 Å². The van der Waals surface area contributed by atoms with E-state index in [0.717, 1.165) is 19.3 Å². The van der Waals surface area contributed by atoms with E-state index in [2.05, 4.69) is 10.3 Å². The topological polar surface area (TPSA) is 105 Å². The lowest BCUT2D eigenvalue weighted by Crippen LogP contribution is -2.39. The number of aromatic nitrogens is 1. The van der Waals surface area contributed by atoms with Crippen LogP contribution in [0.3, 0.4) is 0 Å². The van der Waals surface area contributed by atoms with Crippen LogP contribution in [0, 0.1) is 15.5 Å². The fourth-order valence-corrected chi connectivity index (χ4v) is 2.58. The maximum absolute atomic E-state index is 11.5. The summed E-state index contributed by atoms with van der Waals surface area (Å²) >= 11 is 0. The second-order valence-electron chi connectivity index (χ2n) is 5.16. The predicted octanol–water partition coefficient (Wildman–Crippen LogP) is 2.44. The zero-order valence-electron chi connectivity index (χ0n) is 11.0. The van der Waals surface area contributed by atoms with Crippen molar-refractivity contribution in [2.24, 2.45) is 5.41 Å². The summed E-state index contributed by atoms with van der Waals surface area (Å²) in [4.78, 5) is 25.7. The number of nitro groups is 1. The van der Waals surface area contributed by atoms with E-state index in [-0.39, 0.29) is 12.2 Å². The van der Waals surface area contributed by atoms with Crippen LogP contribution >= 0.6 is 0 Å². The number of hydrogen-bond acceptors (Lipinski definition) is 5. The predicted molar refractivity (Wildman–Crippen MR) is 72.5 cm³/mol. The maximum Gasteiger partial charge on any atom is 0.311 e. The number of nitrogens with one attached hydrogen (secondary N) is 1. The Morgan fingerprint density at radius 1 is 1.45 bits per heavy atom. The highest BCUT2D eigenvalue weighted by Gasteiger charge is 2.39. The van der Waals surface area contributed by atoms with Crippen LogP contribution in [0.15, 0.2) is 18.3 Å². The summed E-state index contributed by atoms with van der Waals surface area (Å²) < 4.78 is 0. The van der Waals surface area contributed by atoms with Crippen LogP contribution in [0.5, 0.6) is 0 Å². The molecule has 0 saturated heterocycles. The monoisotopic (exact) mass is 279 g/mol. The van der Waals surface area contributed by atoms with Crippen molar-refractivity contribution in [1.82, 2.24) is 4.98 Å². The van der Waals surface area contributed by atoms with E-state index in [4.69, 9.17) is 0 Å². The zero-order chi connectivity index (χ0) is 14.6. The minimum Gasteiger partial charge on any atom is -0.481 e. The number of pyridine rings is 1. The third kappa shape index (κ3) is 3.04. The smallest absolute Gasteiger partial charge is 0.311 e. The Balaban J connectivity index is 2.08. The van der Waals surface area contributed by atoms with Gasteiger partial charge >= 0.3 is 5.97 Å². The molecule has 108 valence electrons. The molecule has 20 heavy (non-hydrogen) atoms. The first kappa shape index (κ1) is 14.2. The lowest BCUT2D eigenvalue weighted by atomic mass is 9.74. The van der Waals surface area contributed by atoms with E-state index < -0.39 is 16.3 Å². The minimum atomic E-state index is -0.810. The molecule has 1 aliphatic rings. The van der Waals surface area contributed by atoms with Gasteiger partial charge in [-0.2, -0.15) is 0 Å². The van der Waals surface area contributed by atoms with Crippen molar-refractivity contribution in [3.05, 3.63) is 28.4 Å². The summed E-state index contributed by atoms with van der Waals surface area (Å²) in [5, 5.41) is 23.1. The molecule has 1 heterocycles. The Kier molecular flexibility index (Phi) is 4.16. The molecular formula is C13H17N3O4. The summed E-state index contributed by atoms with van der Waals surface area (Å²) in [6.07, 6.45) is 5.46. The number of hydrogen-bond donors (Lipinski definition) is 2. The molecule has 1 fully saturated rings. The fourth-order valence-electron chi connectivity index (χ4n) is 2.58. The largest absolute Gasteiger partial charge is 0.481 e. The molecule has 7 nitrogen and oxygen atoms in total. The van der Waals surface area contributed by atoms with Gasteiger partial charge < -0.3 is 10.4 Å². The second kappa shape index (κ2) is 5.85. The Morgan fingerprint density at radius 3 is 2.75 bits per heavy atom. The van der Waals surface area contributed by atoms with E-state index in [1.54, 1.807) is 0 Å². The number of carboxylic acid groups (broad SMARTS) is 1. The highest BCUT2D eigenvalue weighted by molar-refractivity contribution is 5.75.